The summed E-state index contributed by atoms with van der Waals surface area (Å²) in [5.41, 5.74) is 2.95. The average molecular weight is 336 g/mol. The van der Waals surface area contributed by atoms with Crippen molar-refractivity contribution in [2.45, 2.75) is 25.7 Å². The van der Waals surface area contributed by atoms with E-state index in [-0.39, 0.29) is 11.8 Å². The first-order valence-electron chi connectivity index (χ1n) is 8.50. The zero-order valence-electron chi connectivity index (χ0n) is 14.1. The van der Waals surface area contributed by atoms with E-state index >= 15 is 0 Å². The second-order valence-electron chi connectivity index (χ2n) is 6.47. The summed E-state index contributed by atoms with van der Waals surface area (Å²) in [4.78, 5) is 22.2. The normalized spacial score (nSPS) is 17.2. The number of carbonyl (C=O) groups excluding carboxylic acids is 1. The molecule has 25 heavy (non-hydrogen) atoms. The number of benzene rings is 1. The lowest BCUT2D eigenvalue weighted by atomic mass is 10.0. The van der Waals surface area contributed by atoms with Gasteiger partial charge in [0.2, 0.25) is 5.89 Å². The molecule has 0 radical (unpaired) electrons. The van der Waals surface area contributed by atoms with Crippen LogP contribution in [0.2, 0.25) is 0 Å². The van der Waals surface area contributed by atoms with Crippen LogP contribution in [0.4, 0.5) is 0 Å². The van der Waals surface area contributed by atoms with E-state index in [0.717, 1.165) is 24.0 Å². The Labute approximate surface area is 145 Å². The van der Waals surface area contributed by atoms with Crippen LogP contribution in [0.25, 0.3) is 0 Å². The number of hydrogen-bond donors (Lipinski definition) is 1. The van der Waals surface area contributed by atoms with Crippen LogP contribution in [-0.4, -0.2) is 39.0 Å². The van der Waals surface area contributed by atoms with Crippen molar-refractivity contribution in [3.8, 4) is 0 Å². The second-order valence-corrected chi connectivity index (χ2v) is 6.47. The zero-order chi connectivity index (χ0) is 17.2. The molecular weight excluding hydrogens is 316 g/mol. The first-order chi connectivity index (χ1) is 12.2. The van der Waals surface area contributed by atoms with Gasteiger partial charge in [-0.3, -0.25) is 4.79 Å². The number of nitrogens with one attached hydrogen (secondary N) is 1. The fourth-order valence-corrected chi connectivity index (χ4v) is 3.35. The molecule has 1 saturated heterocycles. The lowest BCUT2D eigenvalue weighted by molar-refractivity contribution is 0.0789. The molecule has 3 heterocycles. The minimum absolute atomic E-state index is 0.0610. The summed E-state index contributed by atoms with van der Waals surface area (Å²) < 4.78 is 5.26. The number of rotatable bonds is 4. The fraction of sp³-hybridized carbons (Fsp3) is 0.316. The summed E-state index contributed by atoms with van der Waals surface area (Å²) in [7, 11) is 0. The summed E-state index contributed by atoms with van der Waals surface area (Å²) in [5.74, 6) is 1.45. The van der Waals surface area contributed by atoms with Crippen molar-refractivity contribution in [3.05, 3.63) is 71.1 Å². The van der Waals surface area contributed by atoms with E-state index in [1.54, 1.807) is 13.1 Å². The summed E-state index contributed by atoms with van der Waals surface area (Å²) >= 11 is 0. The van der Waals surface area contributed by atoms with E-state index in [4.69, 9.17) is 4.52 Å². The summed E-state index contributed by atoms with van der Waals surface area (Å²) in [6.45, 7) is 3.14. The first kappa shape index (κ1) is 15.6. The van der Waals surface area contributed by atoms with Crippen LogP contribution in [0, 0.1) is 6.92 Å². The average Bonchev–Trinajstić information content (AvgIpc) is 3.35. The van der Waals surface area contributed by atoms with Crippen molar-refractivity contribution in [2.24, 2.45) is 0 Å². The van der Waals surface area contributed by atoms with Gasteiger partial charge in [0.25, 0.3) is 5.91 Å². The van der Waals surface area contributed by atoms with Gasteiger partial charge in [0.05, 0.1) is 11.5 Å². The molecular formula is C19H20N4O2. The van der Waals surface area contributed by atoms with Gasteiger partial charge in [0.15, 0.2) is 5.82 Å². The number of H-pyrrole nitrogens is 1. The summed E-state index contributed by atoms with van der Waals surface area (Å²) in [6, 6.07) is 10.2. The van der Waals surface area contributed by atoms with Crippen molar-refractivity contribution >= 4 is 5.91 Å². The van der Waals surface area contributed by atoms with Gasteiger partial charge in [-0.25, -0.2) is 0 Å². The first-order valence-corrected chi connectivity index (χ1v) is 8.50. The minimum atomic E-state index is 0.0610. The molecule has 1 aliphatic heterocycles. The van der Waals surface area contributed by atoms with Gasteiger partial charge in [0.1, 0.15) is 0 Å². The van der Waals surface area contributed by atoms with E-state index in [2.05, 4.69) is 27.3 Å². The van der Waals surface area contributed by atoms with E-state index in [1.165, 1.54) is 5.56 Å². The number of carbonyl (C=O) groups is 1. The maximum absolute atomic E-state index is 12.9. The van der Waals surface area contributed by atoms with E-state index < -0.39 is 0 Å². The Bertz CT molecular complexity index is 868. The van der Waals surface area contributed by atoms with Gasteiger partial charge in [-0.15, -0.1) is 0 Å². The Balaban J connectivity index is 1.48. The molecule has 1 atom stereocenters. The third-order valence-electron chi connectivity index (χ3n) is 4.67. The third-order valence-corrected chi connectivity index (χ3v) is 4.67. The van der Waals surface area contributed by atoms with Gasteiger partial charge < -0.3 is 14.4 Å². The number of aryl methyl sites for hydroxylation is 1. The molecule has 0 aliphatic carbocycles. The maximum Gasteiger partial charge on any atom is 0.255 e. The maximum atomic E-state index is 12.9. The highest BCUT2D eigenvalue weighted by Gasteiger charge is 2.32. The molecule has 2 aromatic heterocycles. The van der Waals surface area contributed by atoms with Crippen LogP contribution in [0.1, 0.15) is 45.5 Å². The van der Waals surface area contributed by atoms with Crippen LogP contribution in [0.5, 0.6) is 0 Å². The van der Waals surface area contributed by atoms with E-state index in [1.807, 2.05) is 29.3 Å². The van der Waals surface area contributed by atoms with Crippen LogP contribution >= 0.6 is 0 Å². The highest BCUT2D eigenvalue weighted by molar-refractivity contribution is 5.95. The molecule has 128 valence electrons. The van der Waals surface area contributed by atoms with Crippen molar-refractivity contribution in [3.63, 3.8) is 0 Å². The summed E-state index contributed by atoms with van der Waals surface area (Å²) in [5, 5.41) is 3.85. The van der Waals surface area contributed by atoms with Gasteiger partial charge in [-0.1, -0.05) is 35.5 Å². The fourth-order valence-electron chi connectivity index (χ4n) is 3.35. The predicted octanol–water partition coefficient (Wildman–Crippen LogP) is 2.93. The minimum Gasteiger partial charge on any atom is -0.367 e. The van der Waals surface area contributed by atoms with Crippen LogP contribution < -0.4 is 0 Å². The number of hydrogen-bond acceptors (Lipinski definition) is 4. The van der Waals surface area contributed by atoms with Crippen molar-refractivity contribution in [1.82, 2.24) is 20.0 Å². The Kier molecular flexibility index (Phi) is 4.09. The summed E-state index contributed by atoms with van der Waals surface area (Å²) in [6.07, 6.45) is 5.30. The molecule has 1 aliphatic rings. The van der Waals surface area contributed by atoms with Crippen LogP contribution in [-0.2, 0) is 6.42 Å². The molecule has 6 heteroatoms. The largest absolute Gasteiger partial charge is 0.367 e. The number of amides is 1. The lowest BCUT2D eigenvalue weighted by Gasteiger charge is -2.16. The highest BCUT2D eigenvalue weighted by atomic mass is 16.5. The molecule has 4 rings (SSSR count). The van der Waals surface area contributed by atoms with Gasteiger partial charge >= 0.3 is 0 Å². The number of aromatic amines is 1. The SMILES string of the molecule is Cc1noc(C2CCN(C(=O)c3c[nH]cc3Cc3ccccc3)C2)n1. The van der Waals surface area contributed by atoms with E-state index in [0.29, 0.717) is 24.8 Å². The molecule has 1 N–H and O–H groups in total. The Morgan fingerprint density at radius 2 is 2.16 bits per heavy atom. The standard InChI is InChI=1S/C19H20N4O2/c1-13-21-18(25-22-13)15-7-8-23(12-15)19(24)17-11-20-10-16(17)9-14-5-3-2-4-6-14/h2-6,10-11,15,20H,7-9,12H2,1H3. The predicted molar refractivity (Wildman–Crippen MR) is 92.3 cm³/mol. The van der Waals surface area contributed by atoms with Gasteiger partial charge in [0, 0.05) is 25.5 Å². The molecule has 1 fully saturated rings. The Morgan fingerprint density at radius 3 is 2.92 bits per heavy atom. The van der Waals surface area contributed by atoms with Crippen molar-refractivity contribution in [1.29, 1.82) is 0 Å². The zero-order valence-corrected chi connectivity index (χ0v) is 14.1. The molecule has 0 bridgehead atoms. The van der Waals surface area contributed by atoms with E-state index in [9.17, 15) is 4.79 Å². The topological polar surface area (TPSA) is 75.0 Å². The molecule has 3 aromatic rings. The van der Waals surface area contributed by atoms with Crippen molar-refractivity contribution < 1.29 is 9.32 Å². The van der Waals surface area contributed by atoms with Gasteiger partial charge in [-0.05, 0) is 30.9 Å². The smallest absolute Gasteiger partial charge is 0.255 e. The van der Waals surface area contributed by atoms with Crippen molar-refractivity contribution in [2.75, 3.05) is 13.1 Å². The van der Waals surface area contributed by atoms with Crippen LogP contribution in [0.3, 0.4) is 0 Å². The molecule has 1 aromatic carbocycles. The molecule has 1 amide bonds. The molecule has 0 saturated carbocycles. The number of nitrogens with zero attached hydrogens (tertiary/aromatic N) is 3. The number of likely N-dealkylation sites (tertiary alicyclic amines) is 1. The second kappa shape index (κ2) is 6.55. The molecule has 6 nitrogen and oxygen atoms in total. The third kappa shape index (κ3) is 3.20. The van der Waals surface area contributed by atoms with Crippen LogP contribution in [0.15, 0.2) is 47.2 Å². The Hall–Kier alpha value is -2.89. The molecule has 1 unspecified atom stereocenters. The lowest BCUT2D eigenvalue weighted by Crippen LogP contribution is -2.29. The quantitative estimate of drug-likeness (QED) is 0.795. The number of aromatic nitrogens is 3. The molecule has 0 spiro atoms. The van der Waals surface area contributed by atoms with Gasteiger partial charge in [-0.2, -0.15) is 4.98 Å². The highest BCUT2D eigenvalue weighted by Crippen LogP contribution is 2.28. The Morgan fingerprint density at radius 1 is 1.32 bits per heavy atom. The monoisotopic (exact) mass is 336 g/mol.